The molecule has 0 aromatic heterocycles. The SMILES string of the molecule is CC/C=C\C/C=C\C/C=C\C/C=C\C/C=C\C/C=C\C/C=C\C/C=C\C/C=C\C/C=C\C/C=C\C/C=C\CCCCC(=O)NC(COP(=O)([O-])OCC[N+](C)(C)C)C(O)/C=C/CCCCCCCCCCCCCCCCCCCCCCCCCCCCCC. The van der Waals surface area contributed by atoms with Gasteiger partial charge >= 0.3 is 0 Å². The minimum atomic E-state index is -4.63. The van der Waals surface area contributed by atoms with Crippen molar-refractivity contribution in [2.24, 2.45) is 0 Å². The van der Waals surface area contributed by atoms with Crippen LogP contribution in [0.15, 0.2) is 158 Å². The number of unbranched alkanes of at least 4 members (excludes halogenated alkanes) is 30. The van der Waals surface area contributed by atoms with E-state index in [2.05, 4.69) is 165 Å². The van der Waals surface area contributed by atoms with Crippen LogP contribution in [0.5, 0.6) is 0 Å². The lowest BCUT2D eigenvalue weighted by Crippen LogP contribution is -2.45. The number of likely N-dealkylation sites (N-methyl/N-ethyl adjacent to an activating group) is 1. The number of nitrogens with one attached hydrogen (secondary N) is 1. The van der Waals surface area contributed by atoms with Gasteiger partial charge < -0.3 is 28.8 Å². The van der Waals surface area contributed by atoms with Crippen LogP contribution >= 0.6 is 7.82 Å². The number of aliphatic hydroxyl groups is 1. The second kappa shape index (κ2) is 70.4. The lowest BCUT2D eigenvalue weighted by molar-refractivity contribution is -0.870. The Bertz CT molecular complexity index is 2050. The summed E-state index contributed by atoms with van der Waals surface area (Å²) in [6.45, 7) is 4.52. The second-order valence-corrected chi connectivity index (χ2v) is 27.3. The summed E-state index contributed by atoms with van der Waals surface area (Å²) in [4.78, 5) is 25.6. The number of allylic oxidation sites excluding steroid dienone is 25. The zero-order valence-electron chi connectivity index (χ0n) is 59.5. The summed E-state index contributed by atoms with van der Waals surface area (Å²) in [7, 11) is 1.22. The number of hydrogen-bond donors (Lipinski definition) is 2. The highest BCUT2D eigenvalue weighted by molar-refractivity contribution is 7.45. The van der Waals surface area contributed by atoms with Gasteiger partial charge in [0, 0.05) is 6.42 Å². The molecule has 9 heteroatoms. The average Bonchev–Trinajstić information content (AvgIpc) is 3.58. The molecule has 0 aromatic carbocycles. The number of nitrogens with zero attached hydrogens (tertiary/aromatic N) is 1. The minimum Gasteiger partial charge on any atom is -0.756 e. The average molecular weight is 1280 g/mol. The lowest BCUT2D eigenvalue weighted by Gasteiger charge is -2.29. The van der Waals surface area contributed by atoms with Crippen molar-refractivity contribution in [3.8, 4) is 0 Å². The highest BCUT2D eigenvalue weighted by atomic mass is 31.2. The Morgan fingerprint density at radius 3 is 0.978 bits per heavy atom. The summed E-state index contributed by atoms with van der Waals surface area (Å²) >= 11 is 0. The monoisotopic (exact) mass is 1280 g/mol. The number of quaternary nitrogens is 1. The molecule has 0 spiro atoms. The number of hydrogen-bond acceptors (Lipinski definition) is 6. The largest absolute Gasteiger partial charge is 0.756 e. The third kappa shape index (κ3) is 73.4. The molecule has 0 saturated carbocycles. The summed E-state index contributed by atoms with van der Waals surface area (Å²) in [6.07, 6.45) is 110. The van der Waals surface area contributed by atoms with E-state index in [4.69, 9.17) is 9.05 Å². The Hall–Kier alpha value is -3.88. The molecule has 0 fully saturated rings. The molecule has 0 heterocycles. The molecule has 520 valence electrons. The first-order valence-electron chi connectivity index (χ1n) is 37.3. The van der Waals surface area contributed by atoms with Crippen LogP contribution in [-0.4, -0.2) is 68.5 Å². The molecule has 0 bridgehead atoms. The molecule has 1 amide bonds. The molecule has 0 rings (SSSR count). The van der Waals surface area contributed by atoms with E-state index in [1.807, 2.05) is 27.2 Å². The molecule has 2 N–H and O–H groups in total. The van der Waals surface area contributed by atoms with Crippen LogP contribution in [-0.2, 0) is 18.4 Å². The van der Waals surface area contributed by atoms with Crippen LogP contribution in [0.1, 0.15) is 303 Å². The molecule has 0 aliphatic carbocycles. The van der Waals surface area contributed by atoms with Crippen molar-refractivity contribution < 1.29 is 32.9 Å². The normalized spacial score (nSPS) is 14.5. The van der Waals surface area contributed by atoms with Crippen LogP contribution in [0.25, 0.3) is 0 Å². The van der Waals surface area contributed by atoms with Gasteiger partial charge in [-0.3, -0.25) is 9.36 Å². The van der Waals surface area contributed by atoms with E-state index in [9.17, 15) is 19.4 Å². The van der Waals surface area contributed by atoms with Gasteiger partial charge in [-0.25, -0.2) is 0 Å². The molecule has 3 atom stereocenters. The predicted molar refractivity (Wildman–Crippen MR) is 398 cm³/mol. The molecule has 0 saturated heterocycles. The van der Waals surface area contributed by atoms with Crippen molar-refractivity contribution in [3.05, 3.63) is 158 Å². The Morgan fingerprint density at radius 2 is 0.670 bits per heavy atom. The number of phosphoric acid groups is 1. The van der Waals surface area contributed by atoms with Crippen LogP contribution in [0.4, 0.5) is 0 Å². The number of aliphatic hydroxyl groups excluding tert-OH is 1. The lowest BCUT2D eigenvalue weighted by atomic mass is 10.0. The topological polar surface area (TPSA) is 108 Å². The number of rotatable bonds is 67. The van der Waals surface area contributed by atoms with E-state index in [0.29, 0.717) is 17.4 Å². The van der Waals surface area contributed by atoms with E-state index < -0.39 is 26.6 Å². The Morgan fingerprint density at radius 1 is 0.396 bits per heavy atom. The maximum atomic E-state index is 13.0. The van der Waals surface area contributed by atoms with Gasteiger partial charge in [0.1, 0.15) is 13.2 Å². The quantitative estimate of drug-likeness (QED) is 0.0272. The molecule has 0 radical (unpaired) electrons. The molecule has 0 aliphatic rings. The van der Waals surface area contributed by atoms with Crippen molar-refractivity contribution in [3.63, 3.8) is 0 Å². The maximum absolute atomic E-state index is 13.0. The zero-order valence-corrected chi connectivity index (χ0v) is 60.4. The van der Waals surface area contributed by atoms with Gasteiger partial charge in [0.2, 0.25) is 5.91 Å². The molecule has 8 nitrogen and oxygen atoms in total. The van der Waals surface area contributed by atoms with E-state index >= 15 is 0 Å². The minimum absolute atomic E-state index is 0.0175. The second-order valence-electron chi connectivity index (χ2n) is 25.9. The fourth-order valence-electron chi connectivity index (χ4n) is 10.3. The maximum Gasteiger partial charge on any atom is 0.268 e. The predicted octanol–water partition coefficient (Wildman–Crippen LogP) is 23.9. The first-order chi connectivity index (χ1) is 44.5. The summed E-state index contributed by atoms with van der Waals surface area (Å²) in [5, 5.41) is 13.9. The van der Waals surface area contributed by atoms with Crippen molar-refractivity contribution in [1.82, 2.24) is 5.32 Å². The van der Waals surface area contributed by atoms with E-state index in [-0.39, 0.29) is 18.9 Å². The molecular formula is C82H141N2O6P. The van der Waals surface area contributed by atoms with Gasteiger partial charge in [-0.05, 0) is 109 Å². The number of amides is 1. The van der Waals surface area contributed by atoms with Crippen molar-refractivity contribution in [1.29, 1.82) is 0 Å². The number of carbonyl (C=O) groups is 1. The van der Waals surface area contributed by atoms with E-state index in [1.165, 1.54) is 167 Å². The molecule has 91 heavy (non-hydrogen) atoms. The fourth-order valence-corrected chi connectivity index (χ4v) is 11.0. The van der Waals surface area contributed by atoms with E-state index in [1.54, 1.807) is 6.08 Å². The van der Waals surface area contributed by atoms with Crippen LogP contribution in [0.3, 0.4) is 0 Å². The van der Waals surface area contributed by atoms with Gasteiger partial charge in [0.05, 0.1) is 39.9 Å². The van der Waals surface area contributed by atoms with Gasteiger partial charge in [-0.1, -0.05) is 345 Å². The van der Waals surface area contributed by atoms with Gasteiger partial charge in [0.15, 0.2) is 0 Å². The van der Waals surface area contributed by atoms with Crippen LogP contribution < -0.4 is 10.2 Å². The Labute approximate surface area is 562 Å². The summed E-state index contributed by atoms with van der Waals surface area (Å²) in [5.41, 5.74) is 0. The first kappa shape index (κ1) is 87.1. The van der Waals surface area contributed by atoms with Gasteiger partial charge in [-0.2, -0.15) is 0 Å². The van der Waals surface area contributed by atoms with Crippen molar-refractivity contribution in [2.75, 3.05) is 40.9 Å². The molecule has 0 aliphatic heterocycles. The summed E-state index contributed by atoms with van der Waals surface area (Å²) < 4.78 is 23.4. The smallest absolute Gasteiger partial charge is 0.268 e. The third-order valence-corrected chi connectivity index (χ3v) is 17.0. The van der Waals surface area contributed by atoms with Crippen LogP contribution in [0.2, 0.25) is 0 Å². The highest BCUT2D eigenvalue weighted by Crippen LogP contribution is 2.38. The summed E-state index contributed by atoms with van der Waals surface area (Å²) in [6, 6.07) is -0.924. The Balaban J connectivity index is 4.20. The van der Waals surface area contributed by atoms with Crippen molar-refractivity contribution >= 4 is 13.7 Å². The number of carbonyl (C=O) groups excluding carboxylic acids is 1. The standard InChI is InChI=1S/C82H141N2O6P/c1-6-8-10-12-14-16-18-20-22-24-26-28-30-32-34-36-38-39-40-41-42-43-44-45-46-48-50-52-54-56-58-60-62-64-66-68-70-72-74-76-82(86)83-80(79-90-91(87,88)89-78-77-84(3,4)5)81(85)75-73-71-69-67-65-63-61-59-57-55-53-51-49-47-37-35-33-31-29-27-25-23-21-19-17-15-13-11-9-7-2/h8,10,14,16,20,22,26,28,32,34,38-39,41-42,44-45,48,50,54,56,60,62,66,68,73,75,80-81,85H,6-7,9,11-13,15,17-19,21,23-25,27,29-31,33,35-37,40,43,46-47,49,51-53,55,57-59,61,63-65,67,69-72,74,76-79H2,1-5H3,(H-,83,86,87,88)/b10-8-,16-14-,22-20-,28-26-,34-32-,39-38-,42-41-,45-44-,50-48-,56-54-,62-60-,68-66-,75-73+. The van der Waals surface area contributed by atoms with Gasteiger partial charge in [-0.15, -0.1) is 0 Å². The molecule has 0 aromatic rings. The zero-order chi connectivity index (χ0) is 66.2. The molecule has 3 unspecified atom stereocenters. The number of phosphoric ester groups is 1. The summed E-state index contributed by atoms with van der Waals surface area (Å²) in [5.74, 6) is -0.242. The first-order valence-corrected chi connectivity index (χ1v) is 38.8. The van der Waals surface area contributed by atoms with Crippen LogP contribution in [0, 0.1) is 0 Å². The third-order valence-electron chi connectivity index (χ3n) is 16.0. The van der Waals surface area contributed by atoms with E-state index in [0.717, 1.165) is 109 Å². The molecular weight excluding hydrogens is 1140 g/mol. The fraction of sp³-hybridized carbons (Fsp3) is 0.671. The van der Waals surface area contributed by atoms with Crippen molar-refractivity contribution in [2.45, 2.75) is 315 Å². The highest BCUT2D eigenvalue weighted by Gasteiger charge is 2.23. The van der Waals surface area contributed by atoms with Gasteiger partial charge in [0.25, 0.3) is 7.82 Å². The Kier molecular flexibility index (Phi) is 67.4.